The summed E-state index contributed by atoms with van der Waals surface area (Å²) in [5, 5.41) is 2.95. The van der Waals surface area contributed by atoms with Crippen molar-refractivity contribution in [3.8, 4) is 28.5 Å². The summed E-state index contributed by atoms with van der Waals surface area (Å²) in [5.41, 5.74) is 14.8. The van der Waals surface area contributed by atoms with E-state index in [1.54, 1.807) is 12.1 Å². The van der Waals surface area contributed by atoms with Gasteiger partial charge in [-0.25, -0.2) is 9.97 Å². The fourth-order valence-corrected chi connectivity index (χ4v) is 4.11. The number of nitrogens with two attached hydrogens (primary N) is 2. The van der Waals surface area contributed by atoms with E-state index in [0.717, 1.165) is 31.6 Å². The summed E-state index contributed by atoms with van der Waals surface area (Å²) in [6.07, 6.45) is 3.30. The van der Waals surface area contributed by atoms with Crippen LogP contribution in [-0.4, -0.2) is 56.3 Å². The third kappa shape index (κ3) is 5.07. The normalized spacial score (nSPS) is 13.9. The Balaban J connectivity index is 1.64. The number of hydrogen-bond donors (Lipinski definition) is 3. The van der Waals surface area contributed by atoms with Gasteiger partial charge in [0, 0.05) is 24.7 Å². The molecule has 35 heavy (non-hydrogen) atoms. The minimum Gasteiger partial charge on any atom is -0.493 e. The molecule has 2 aromatic carbocycles. The monoisotopic (exact) mass is 478 g/mol. The molecule has 4 rings (SSSR count). The number of carbonyl (C=O) groups excluding carboxylic acids is 1. The van der Waals surface area contributed by atoms with Crippen LogP contribution in [0.5, 0.6) is 17.2 Å². The van der Waals surface area contributed by atoms with Gasteiger partial charge < -0.3 is 35.9 Å². The van der Waals surface area contributed by atoms with Crippen molar-refractivity contribution in [2.45, 2.75) is 18.9 Å². The Morgan fingerprint density at radius 2 is 1.71 bits per heavy atom. The molecule has 0 bridgehead atoms. The molecule has 1 fully saturated rings. The van der Waals surface area contributed by atoms with Gasteiger partial charge in [-0.05, 0) is 37.1 Å². The number of ether oxygens (including phenoxy) is 3. The summed E-state index contributed by atoms with van der Waals surface area (Å²) in [7, 11) is 4.59. The van der Waals surface area contributed by atoms with Crippen LogP contribution in [-0.2, 0) is 0 Å². The van der Waals surface area contributed by atoms with Crippen LogP contribution in [0.2, 0.25) is 0 Å². The van der Waals surface area contributed by atoms with Gasteiger partial charge in [0.15, 0.2) is 23.0 Å². The Hall–Kier alpha value is -4.05. The Bertz CT molecular complexity index is 1190. The Morgan fingerprint density at radius 1 is 1.06 bits per heavy atom. The van der Waals surface area contributed by atoms with E-state index in [9.17, 15) is 4.79 Å². The third-order valence-corrected chi connectivity index (χ3v) is 6.01. The van der Waals surface area contributed by atoms with Crippen molar-refractivity contribution in [1.82, 2.24) is 9.97 Å². The number of rotatable bonds is 7. The zero-order valence-corrected chi connectivity index (χ0v) is 20.1. The van der Waals surface area contributed by atoms with E-state index in [-0.39, 0.29) is 17.6 Å². The molecule has 1 amide bonds. The van der Waals surface area contributed by atoms with Gasteiger partial charge in [0.25, 0.3) is 5.91 Å². The molecular weight excluding hydrogens is 448 g/mol. The molecule has 0 saturated carbocycles. The maximum Gasteiger partial charge on any atom is 0.278 e. The van der Waals surface area contributed by atoms with Gasteiger partial charge in [0.05, 0.1) is 44.6 Å². The summed E-state index contributed by atoms with van der Waals surface area (Å²) >= 11 is 0. The number of aromatic nitrogens is 2. The molecule has 5 N–H and O–H groups in total. The van der Waals surface area contributed by atoms with E-state index in [0.29, 0.717) is 34.2 Å². The summed E-state index contributed by atoms with van der Waals surface area (Å²) in [6, 6.07) is 11.3. The molecule has 0 unspecified atom stereocenters. The summed E-state index contributed by atoms with van der Waals surface area (Å²) in [5.74, 6) is 0.948. The van der Waals surface area contributed by atoms with Crippen LogP contribution in [0.3, 0.4) is 0 Å². The van der Waals surface area contributed by atoms with Crippen LogP contribution >= 0.6 is 0 Å². The highest BCUT2D eigenvalue weighted by atomic mass is 16.5. The quantitative estimate of drug-likeness (QED) is 0.468. The minimum atomic E-state index is -0.453. The zero-order valence-electron chi connectivity index (χ0n) is 20.1. The van der Waals surface area contributed by atoms with Crippen LogP contribution in [0.4, 0.5) is 17.2 Å². The van der Waals surface area contributed by atoms with Crippen LogP contribution in [0.25, 0.3) is 11.3 Å². The first-order valence-electron chi connectivity index (χ1n) is 11.3. The van der Waals surface area contributed by atoms with Gasteiger partial charge in [0.1, 0.15) is 0 Å². The fraction of sp³-hybridized carbons (Fsp3) is 0.320. The lowest BCUT2D eigenvalue weighted by molar-refractivity contribution is 0.102. The van der Waals surface area contributed by atoms with Gasteiger partial charge >= 0.3 is 0 Å². The number of para-hydroxylation sites is 2. The molecule has 10 nitrogen and oxygen atoms in total. The summed E-state index contributed by atoms with van der Waals surface area (Å²) < 4.78 is 16.2. The molecule has 0 atom stereocenters. The minimum absolute atomic E-state index is 0.0201. The zero-order chi connectivity index (χ0) is 24.9. The number of piperidine rings is 1. The third-order valence-electron chi connectivity index (χ3n) is 6.01. The van der Waals surface area contributed by atoms with Crippen LogP contribution in [0, 0.1) is 0 Å². The van der Waals surface area contributed by atoms with Gasteiger partial charge in [-0.3, -0.25) is 4.79 Å². The van der Waals surface area contributed by atoms with E-state index in [4.69, 9.17) is 25.7 Å². The van der Waals surface area contributed by atoms with Crippen molar-refractivity contribution in [2.75, 3.05) is 50.4 Å². The van der Waals surface area contributed by atoms with Crippen LogP contribution in [0.1, 0.15) is 23.3 Å². The van der Waals surface area contributed by atoms with Gasteiger partial charge in [0.2, 0.25) is 5.75 Å². The summed E-state index contributed by atoms with van der Waals surface area (Å²) in [4.78, 5) is 24.2. The van der Waals surface area contributed by atoms with Crippen molar-refractivity contribution in [3.63, 3.8) is 0 Å². The first-order chi connectivity index (χ1) is 16.9. The van der Waals surface area contributed by atoms with Gasteiger partial charge in [-0.1, -0.05) is 12.1 Å². The Kier molecular flexibility index (Phi) is 7.21. The highest BCUT2D eigenvalue weighted by Crippen LogP contribution is 2.41. The Labute approximate surface area is 204 Å². The lowest BCUT2D eigenvalue weighted by Crippen LogP contribution is -2.40. The first-order valence-corrected chi connectivity index (χ1v) is 11.3. The lowest BCUT2D eigenvalue weighted by atomic mass is 10.0. The van der Waals surface area contributed by atoms with Crippen molar-refractivity contribution < 1.29 is 19.0 Å². The predicted molar refractivity (Wildman–Crippen MR) is 135 cm³/mol. The number of nitrogens with zero attached hydrogens (tertiary/aromatic N) is 3. The molecule has 0 spiro atoms. The number of nitrogens with one attached hydrogen (secondary N) is 1. The molecular formula is C25H30N6O4. The Morgan fingerprint density at radius 3 is 2.34 bits per heavy atom. The van der Waals surface area contributed by atoms with Gasteiger partial charge in [-0.2, -0.15) is 0 Å². The lowest BCUT2D eigenvalue weighted by Gasteiger charge is -2.33. The molecule has 10 heteroatoms. The fourth-order valence-electron chi connectivity index (χ4n) is 4.11. The predicted octanol–water partition coefficient (Wildman–Crippen LogP) is 2.93. The second kappa shape index (κ2) is 10.5. The van der Waals surface area contributed by atoms with Crippen LogP contribution in [0.15, 0.2) is 42.6 Å². The molecule has 184 valence electrons. The number of hydrogen-bond acceptors (Lipinski definition) is 9. The van der Waals surface area contributed by atoms with Gasteiger partial charge in [-0.15, -0.1) is 0 Å². The topological polar surface area (TPSA) is 138 Å². The molecule has 1 aromatic heterocycles. The number of methoxy groups -OCH3 is 3. The number of amides is 1. The maximum absolute atomic E-state index is 13.3. The van der Waals surface area contributed by atoms with E-state index in [2.05, 4.69) is 20.2 Å². The van der Waals surface area contributed by atoms with E-state index in [1.807, 2.05) is 24.3 Å². The standard InChI is InChI=1S/C25H30N6O4/c1-33-20-12-15(13-21(34-2)23(20)35-3)18-14-28-24(27)22(29-18)25(32)30-17-6-4-5-7-19(17)31-10-8-16(26)9-11-31/h4-7,12-14,16H,8-11,26H2,1-3H3,(H2,27,28)(H,30,32). The van der Waals surface area contributed by atoms with Crippen molar-refractivity contribution >= 4 is 23.1 Å². The molecule has 0 aliphatic carbocycles. The van der Waals surface area contributed by atoms with Crippen molar-refractivity contribution in [2.24, 2.45) is 5.73 Å². The van der Waals surface area contributed by atoms with Crippen molar-refractivity contribution in [1.29, 1.82) is 0 Å². The van der Waals surface area contributed by atoms with E-state index in [1.165, 1.54) is 27.5 Å². The number of carbonyl (C=O) groups is 1. The molecule has 1 aliphatic rings. The van der Waals surface area contributed by atoms with Crippen molar-refractivity contribution in [3.05, 3.63) is 48.3 Å². The average molecular weight is 479 g/mol. The summed E-state index contributed by atoms with van der Waals surface area (Å²) in [6.45, 7) is 1.65. The molecule has 1 saturated heterocycles. The SMILES string of the molecule is COc1cc(-c2cnc(N)c(C(=O)Nc3ccccc3N3CCC(N)CC3)n2)cc(OC)c1OC. The largest absolute Gasteiger partial charge is 0.493 e. The second-order valence-corrected chi connectivity index (χ2v) is 8.20. The molecule has 1 aliphatic heterocycles. The maximum atomic E-state index is 13.3. The highest BCUT2D eigenvalue weighted by molar-refractivity contribution is 6.07. The first kappa shape index (κ1) is 24.1. The second-order valence-electron chi connectivity index (χ2n) is 8.20. The number of nitrogen functional groups attached to an aromatic ring is 1. The molecule has 2 heterocycles. The van der Waals surface area contributed by atoms with E-state index < -0.39 is 5.91 Å². The highest BCUT2D eigenvalue weighted by Gasteiger charge is 2.22. The molecule has 0 radical (unpaired) electrons. The molecule has 3 aromatic rings. The number of anilines is 3. The van der Waals surface area contributed by atoms with Crippen LogP contribution < -0.4 is 35.9 Å². The number of benzene rings is 2. The van der Waals surface area contributed by atoms with E-state index >= 15 is 0 Å². The smallest absolute Gasteiger partial charge is 0.278 e. The average Bonchev–Trinajstić information content (AvgIpc) is 2.88.